The van der Waals surface area contributed by atoms with E-state index in [9.17, 15) is 9.59 Å². The van der Waals surface area contributed by atoms with Gasteiger partial charge in [0.05, 0.1) is 0 Å². The van der Waals surface area contributed by atoms with Crippen LogP contribution in [0.1, 0.15) is 19.2 Å². The molecule has 0 radical (unpaired) electrons. The molecule has 0 atom stereocenters. The Morgan fingerprint density at radius 2 is 2.00 bits per heavy atom. The molecule has 1 fully saturated rings. The first-order valence-corrected chi connectivity index (χ1v) is 8.15. The van der Waals surface area contributed by atoms with E-state index in [0.717, 1.165) is 39.1 Å². The number of hydrogen-bond donors (Lipinski definition) is 0. The molecule has 3 rings (SSSR count). The van der Waals surface area contributed by atoms with Crippen LogP contribution in [-0.2, 0) is 11.3 Å². The number of piperazine rings is 1. The molecule has 0 saturated carbocycles. The highest BCUT2D eigenvalue weighted by Crippen LogP contribution is 2.05. The minimum atomic E-state index is -0.224. The second-order valence-electron chi connectivity index (χ2n) is 6.00. The summed E-state index contributed by atoms with van der Waals surface area (Å²) in [6.07, 6.45) is 2.93. The van der Waals surface area contributed by atoms with Crippen molar-refractivity contribution < 1.29 is 4.79 Å². The van der Waals surface area contributed by atoms with E-state index in [-0.39, 0.29) is 18.0 Å². The second kappa shape index (κ2) is 6.54. The molecule has 7 heteroatoms. The summed E-state index contributed by atoms with van der Waals surface area (Å²) in [6, 6.07) is 3.56. The van der Waals surface area contributed by atoms with E-state index in [2.05, 4.69) is 16.9 Å². The van der Waals surface area contributed by atoms with Crippen molar-refractivity contribution in [3.63, 3.8) is 0 Å². The van der Waals surface area contributed by atoms with Crippen molar-refractivity contribution in [3.8, 4) is 0 Å². The van der Waals surface area contributed by atoms with Crippen LogP contribution in [-0.4, -0.2) is 62.6 Å². The average molecular weight is 317 g/mol. The molecule has 124 valence electrons. The van der Waals surface area contributed by atoms with E-state index in [1.807, 2.05) is 17.9 Å². The van der Waals surface area contributed by atoms with Crippen LogP contribution in [0.25, 0.3) is 5.52 Å². The lowest BCUT2D eigenvalue weighted by Crippen LogP contribution is -2.50. The predicted molar refractivity (Wildman–Crippen MR) is 87.5 cm³/mol. The van der Waals surface area contributed by atoms with Gasteiger partial charge in [-0.3, -0.25) is 18.9 Å². The Morgan fingerprint density at radius 3 is 2.70 bits per heavy atom. The Bertz CT molecular complexity index is 755. The first-order chi connectivity index (χ1) is 11.1. The molecule has 3 heterocycles. The summed E-state index contributed by atoms with van der Waals surface area (Å²) in [4.78, 5) is 29.1. The summed E-state index contributed by atoms with van der Waals surface area (Å²) in [6.45, 7) is 8.33. The fraction of sp³-hybridized carbons (Fsp3) is 0.562. The molecule has 0 aliphatic carbocycles. The van der Waals surface area contributed by atoms with Crippen LogP contribution >= 0.6 is 0 Å². The van der Waals surface area contributed by atoms with Crippen LogP contribution in [0.15, 0.2) is 23.1 Å². The molecular formula is C16H23N5O2. The molecule has 7 nitrogen and oxygen atoms in total. The fourth-order valence-electron chi connectivity index (χ4n) is 3.11. The Labute approximate surface area is 135 Å². The molecule has 1 aliphatic rings. The maximum absolute atomic E-state index is 12.5. The van der Waals surface area contributed by atoms with E-state index in [1.54, 1.807) is 16.7 Å². The lowest BCUT2D eigenvalue weighted by atomic mass is 10.3. The average Bonchev–Trinajstić information content (AvgIpc) is 3.04. The molecule has 0 unspecified atom stereocenters. The van der Waals surface area contributed by atoms with Crippen molar-refractivity contribution in [3.05, 3.63) is 34.5 Å². The lowest BCUT2D eigenvalue weighted by Gasteiger charge is -2.34. The quantitative estimate of drug-likeness (QED) is 0.817. The number of rotatable bonds is 4. The van der Waals surface area contributed by atoms with Crippen LogP contribution in [0, 0.1) is 6.92 Å². The number of carbonyl (C=O) groups is 1. The summed E-state index contributed by atoms with van der Waals surface area (Å²) in [5.41, 5.74) is 0.330. The Hall–Kier alpha value is -2.15. The number of fused-ring (bicyclic) bond motifs is 1. The van der Waals surface area contributed by atoms with Crippen LogP contribution in [0.2, 0.25) is 0 Å². The first kappa shape index (κ1) is 15.7. The molecular weight excluding hydrogens is 294 g/mol. The third kappa shape index (κ3) is 3.14. The highest BCUT2D eigenvalue weighted by Gasteiger charge is 2.21. The van der Waals surface area contributed by atoms with E-state index in [4.69, 9.17) is 0 Å². The highest BCUT2D eigenvalue weighted by molar-refractivity contribution is 5.76. The van der Waals surface area contributed by atoms with E-state index < -0.39 is 0 Å². The zero-order chi connectivity index (χ0) is 16.4. The Balaban J connectivity index is 1.71. The molecule has 0 bridgehead atoms. The molecule has 0 spiro atoms. The third-order valence-electron chi connectivity index (χ3n) is 4.37. The summed E-state index contributed by atoms with van der Waals surface area (Å²) >= 11 is 0. The standard InChI is InChI=1S/C16H23N5O2/c1-3-6-18-8-10-19(11-9-18)15(22)12-21-16(23)14-5-4-7-20(14)13(2)17-21/h4-5,7H,3,6,8-12H2,1-2H3. The van der Waals surface area contributed by atoms with Gasteiger partial charge in [0, 0.05) is 32.4 Å². The van der Waals surface area contributed by atoms with Gasteiger partial charge in [-0.15, -0.1) is 0 Å². The monoisotopic (exact) mass is 317 g/mol. The van der Waals surface area contributed by atoms with Gasteiger partial charge in [0.25, 0.3) is 5.56 Å². The minimum absolute atomic E-state index is 0.00906. The number of aryl methyl sites for hydroxylation is 1. The summed E-state index contributed by atoms with van der Waals surface area (Å²) < 4.78 is 3.03. The molecule has 1 aliphatic heterocycles. The van der Waals surface area contributed by atoms with Crippen LogP contribution in [0.3, 0.4) is 0 Å². The number of amides is 1. The van der Waals surface area contributed by atoms with Crippen LogP contribution < -0.4 is 5.56 Å². The molecule has 0 N–H and O–H groups in total. The van der Waals surface area contributed by atoms with E-state index in [0.29, 0.717) is 11.3 Å². The van der Waals surface area contributed by atoms with Crippen molar-refractivity contribution in [2.24, 2.45) is 0 Å². The van der Waals surface area contributed by atoms with Gasteiger partial charge in [-0.25, -0.2) is 4.68 Å². The molecule has 2 aromatic rings. The van der Waals surface area contributed by atoms with Crippen molar-refractivity contribution in [1.82, 2.24) is 24.0 Å². The fourth-order valence-corrected chi connectivity index (χ4v) is 3.11. The maximum atomic E-state index is 12.5. The van der Waals surface area contributed by atoms with Crippen LogP contribution in [0.4, 0.5) is 0 Å². The number of carbonyl (C=O) groups excluding carboxylic acids is 1. The van der Waals surface area contributed by atoms with Gasteiger partial charge in [-0.05, 0) is 32.0 Å². The van der Waals surface area contributed by atoms with Crippen molar-refractivity contribution in [2.75, 3.05) is 32.7 Å². The van der Waals surface area contributed by atoms with Gasteiger partial charge in [0.2, 0.25) is 5.91 Å². The lowest BCUT2D eigenvalue weighted by molar-refractivity contribution is -0.133. The SMILES string of the molecule is CCCN1CCN(C(=O)Cn2nc(C)n3cccc3c2=O)CC1. The van der Waals surface area contributed by atoms with Gasteiger partial charge >= 0.3 is 0 Å². The van der Waals surface area contributed by atoms with Crippen molar-refractivity contribution in [2.45, 2.75) is 26.8 Å². The van der Waals surface area contributed by atoms with E-state index >= 15 is 0 Å². The van der Waals surface area contributed by atoms with Crippen molar-refractivity contribution >= 4 is 11.4 Å². The van der Waals surface area contributed by atoms with Crippen LogP contribution in [0.5, 0.6) is 0 Å². The molecule has 23 heavy (non-hydrogen) atoms. The normalized spacial score (nSPS) is 16.2. The number of hydrogen-bond acceptors (Lipinski definition) is 4. The Kier molecular flexibility index (Phi) is 4.47. The van der Waals surface area contributed by atoms with Gasteiger partial charge in [-0.1, -0.05) is 6.92 Å². The number of aromatic nitrogens is 3. The molecule has 2 aromatic heterocycles. The highest BCUT2D eigenvalue weighted by atomic mass is 16.2. The Morgan fingerprint density at radius 1 is 1.26 bits per heavy atom. The third-order valence-corrected chi connectivity index (χ3v) is 4.37. The minimum Gasteiger partial charge on any atom is -0.339 e. The smallest absolute Gasteiger partial charge is 0.291 e. The molecule has 0 aromatic carbocycles. The molecule has 1 amide bonds. The largest absolute Gasteiger partial charge is 0.339 e. The zero-order valence-electron chi connectivity index (χ0n) is 13.7. The van der Waals surface area contributed by atoms with Gasteiger partial charge < -0.3 is 4.90 Å². The maximum Gasteiger partial charge on any atom is 0.291 e. The zero-order valence-corrected chi connectivity index (χ0v) is 13.7. The summed E-state index contributed by atoms with van der Waals surface area (Å²) in [5.74, 6) is 0.663. The first-order valence-electron chi connectivity index (χ1n) is 8.15. The van der Waals surface area contributed by atoms with Gasteiger partial charge in [-0.2, -0.15) is 5.10 Å². The summed E-state index contributed by atoms with van der Waals surface area (Å²) in [7, 11) is 0. The summed E-state index contributed by atoms with van der Waals surface area (Å²) in [5, 5.41) is 4.26. The predicted octanol–water partition coefficient (Wildman–Crippen LogP) is 0.359. The van der Waals surface area contributed by atoms with E-state index in [1.165, 1.54) is 4.68 Å². The molecule has 1 saturated heterocycles. The second-order valence-corrected chi connectivity index (χ2v) is 6.00. The number of nitrogens with zero attached hydrogens (tertiary/aromatic N) is 5. The topological polar surface area (TPSA) is 62.9 Å². The van der Waals surface area contributed by atoms with Gasteiger partial charge in [0.15, 0.2) is 0 Å². The van der Waals surface area contributed by atoms with Crippen molar-refractivity contribution in [1.29, 1.82) is 0 Å². The van der Waals surface area contributed by atoms with Gasteiger partial charge in [0.1, 0.15) is 17.9 Å².